The number of methoxy groups -OCH3 is 1. The lowest BCUT2D eigenvalue weighted by Crippen LogP contribution is -2.23. The molecule has 0 atom stereocenters. The number of nitrogens with one attached hydrogen (secondary N) is 1. The average molecular weight is 364 g/mol. The van der Waals surface area contributed by atoms with Gasteiger partial charge in [0.25, 0.3) is 5.91 Å². The van der Waals surface area contributed by atoms with Crippen LogP contribution in [0.4, 0.5) is 0 Å². The normalized spacial score (nSPS) is 10.4. The Labute approximate surface area is 138 Å². The average Bonchev–Trinajstić information content (AvgIpc) is 2.48. The molecule has 0 heterocycles. The Balaban J connectivity index is 2.17. The molecule has 0 aromatic heterocycles. The summed E-state index contributed by atoms with van der Waals surface area (Å²) < 4.78 is 6.11. The van der Waals surface area contributed by atoms with Gasteiger partial charge in [0.1, 0.15) is 11.5 Å². The second-order valence-electron chi connectivity index (χ2n) is 5.12. The number of hydrogen-bond acceptors (Lipinski definition) is 3. The number of carbonyl (C=O) groups is 1. The van der Waals surface area contributed by atoms with Gasteiger partial charge in [0.05, 0.1) is 12.7 Å². The molecular formula is C17H18BrNO3. The molecule has 0 radical (unpaired) electrons. The summed E-state index contributed by atoms with van der Waals surface area (Å²) in [4.78, 5) is 12.3. The number of hydrogen-bond donors (Lipinski definition) is 2. The largest absolute Gasteiger partial charge is 0.508 e. The molecule has 22 heavy (non-hydrogen) atoms. The Bertz CT molecular complexity index is 713. The lowest BCUT2D eigenvalue weighted by atomic mass is 10.1. The monoisotopic (exact) mass is 363 g/mol. The van der Waals surface area contributed by atoms with E-state index in [0.29, 0.717) is 16.9 Å². The van der Waals surface area contributed by atoms with Crippen LogP contribution in [0.5, 0.6) is 11.5 Å². The first kappa shape index (κ1) is 16.4. The van der Waals surface area contributed by atoms with E-state index in [9.17, 15) is 9.90 Å². The third-order valence-electron chi connectivity index (χ3n) is 3.41. The first-order chi connectivity index (χ1) is 10.4. The molecule has 2 aromatic rings. The smallest absolute Gasteiger partial charge is 0.255 e. The number of aromatic hydroxyl groups is 1. The van der Waals surface area contributed by atoms with Crippen LogP contribution < -0.4 is 10.1 Å². The fourth-order valence-electron chi connectivity index (χ4n) is 2.10. The number of halogens is 1. The molecule has 4 nitrogen and oxygen atoms in total. The van der Waals surface area contributed by atoms with E-state index in [1.807, 2.05) is 26.0 Å². The molecule has 0 saturated carbocycles. The number of benzene rings is 2. The van der Waals surface area contributed by atoms with E-state index in [0.717, 1.165) is 15.6 Å². The molecule has 0 aliphatic heterocycles. The van der Waals surface area contributed by atoms with Gasteiger partial charge < -0.3 is 15.2 Å². The molecule has 0 saturated heterocycles. The summed E-state index contributed by atoms with van der Waals surface area (Å²) in [5, 5.41) is 12.7. The van der Waals surface area contributed by atoms with Crippen LogP contribution in [0.25, 0.3) is 0 Å². The van der Waals surface area contributed by atoms with E-state index >= 15 is 0 Å². The third-order valence-corrected chi connectivity index (χ3v) is 4.26. The van der Waals surface area contributed by atoms with Gasteiger partial charge in [-0.15, -0.1) is 0 Å². The second kappa shape index (κ2) is 6.83. The van der Waals surface area contributed by atoms with Gasteiger partial charge in [-0.25, -0.2) is 0 Å². The maximum absolute atomic E-state index is 12.3. The first-order valence-corrected chi connectivity index (χ1v) is 7.62. The zero-order chi connectivity index (χ0) is 16.3. The molecule has 0 aliphatic carbocycles. The van der Waals surface area contributed by atoms with Crippen LogP contribution in [-0.4, -0.2) is 18.1 Å². The minimum Gasteiger partial charge on any atom is -0.508 e. The van der Waals surface area contributed by atoms with Gasteiger partial charge in [0.15, 0.2) is 0 Å². The van der Waals surface area contributed by atoms with Gasteiger partial charge in [-0.05, 0) is 43.2 Å². The zero-order valence-corrected chi connectivity index (χ0v) is 14.3. The minimum atomic E-state index is -0.252. The van der Waals surface area contributed by atoms with Gasteiger partial charge in [-0.2, -0.15) is 0 Å². The van der Waals surface area contributed by atoms with Crippen molar-refractivity contribution in [3.05, 3.63) is 57.1 Å². The van der Waals surface area contributed by atoms with E-state index in [-0.39, 0.29) is 18.2 Å². The van der Waals surface area contributed by atoms with E-state index in [1.54, 1.807) is 18.2 Å². The number of aryl methyl sites for hydroxylation is 2. The SMILES string of the molecule is COc1cc(C)c(Br)cc1C(=O)NCc1ccc(C)cc1O. The van der Waals surface area contributed by atoms with Crippen LogP contribution in [0.2, 0.25) is 0 Å². The molecule has 2 rings (SSSR count). The number of phenols is 1. The van der Waals surface area contributed by atoms with E-state index in [4.69, 9.17) is 4.74 Å². The quantitative estimate of drug-likeness (QED) is 0.870. The van der Waals surface area contributed by atoms with Crippen molar-refractivity contribution in [2.24, 2.45) is 0 Å². The van der Waals surface area contributed by atoms with E-state index in [2.05, 4.69) is 21.2 Å². The fraction of sp³-hybridized carbons (Fsp3) is 0.235. The van der Waals surface area contributed by atoms with Gasteiger partial charge in [-0.1, -0.05) is 28.1 Å². The van der Waals surface area contributed by atoms with Crippen molar-refractivity contribution in [3.8, 4) is 11.5 Å². The molecule has 5 heteroatoms. The van der Waals surface area contributed by atoms with Crippen LogP contribution in [0.3, 0.4) is 0 Å². The predicted octanol–water partition coefficient (Wildman–Crippen LogP) is 3.71. The Morgan fingerprint density at radius 1 is 1.27 bits per heavy atom. The summed E-state index contributed by atoms with van der Waals surface area (Å²) in [6, 6.07) is 8.91. The highest BCUT2D eigenvalue weighted by molar-refractivity contribution is 9.10. The van der Waals surface area contributed by atoms with Crippen LogP contribution in [0.1, 0.15) is 27.0 Å². The van der Waals surface area contributed by atoms with Crippen LogP contribution >= 0.6 is 15.9 Å². The molecule has 2 aromatic carbocycles. The molecule has 2 N–H and O–H groups in total. The van der Waals surface area contributed by atoms with Gasteiger partial charge in [0, 0.05) is 16.6 Å². The summed E-state index contributed by atoms with van der Waals surface area (Å²) in [7, 11) is 1.53. The maximum atomic E-state index is 12.3. The molecule has 0 unspecified atom stereocenters. The first-order valence-electron chi connectivity index (χ1n) is 6.83. The summed E-state index contributed by atoms with van der Waals surface area (Å²) >= 11 is 3.42. The Hall–Kier alpha value is -2.01. The molecule has 0 aliphatic rings. The fourth-order valence-corrected chi connectivity index (χ4v) is 2.44. The third kappa shape index (κ3) is 3.60. The Kier molecular flexibility index (Phi) is 5.08. The highest BCUT2D eigenvalue weighted by atomic mass is 79.9. The van der Waals surface area contributed by atoms with Crippen molar-refractivity contribution in [3.63, 3.8) is 0 Å². The number of amides is 1. The van der Waals surface area contributed by atoms with Crippen molar-refractivity contribution in [2.75, 3.05) is 7.11 Å². The molecule has 1 amide bonds. The van der Waals surface area contributed by atoms with Crippen molar-refractivity contribution in [2.45, 2.75) is 20.4 Å². The van der Waals surface area contributed by atoms with Gasteiger partial charge in [-0.3, -0.25) is 4.79 Å². The number of ether oxygens (including phenoxy) is 1. The molecule has 0 fully saturated rings. The predicted molar refractivity (Wildman–Crippen MR) is 89.4 cm³/mol. The highest BCUT2D eigenvalue weighted by Crippen LogP contribution is 2.27. The van der Waals surface area contributed by atoms with Crippen LogP contribution in [0, 0.1) is 13.8 Å². The van der Waals surface area contributed by atoms with Crippen LogP contribution in [-0.2, 0) is 6.54 Å². The molecule has 116 valence electrons. The van der Waals surface area contributed by atoms with Crippen molar-refractivity contribution < 1.29 is 14.6 Å². The summed E-state index contributed by atoms with van der Waals surface area (Å²) in [6.07, 6.45) is 0. The summed E-state index contributed by atoms with van der Waals surface area (Å²) in [5.74, 6) is 0.446. The summed E-state index contributed by atoms with van der Waals surface area (Å²) in [5.41, 5.74) is 3.08. The maximum Gasteiger partial charge on any atom is 0.255 e. The topological polar surface area (TPSA) is 58.6 Å². The van der Waals surface area contributed by atoms with E-state index in [1.165, 1.54) is 7.11 Å². The van der Waals surface area contributed by atoms with Crippen molar-refractivity contribution in [1.82, 2.24) is 5.32 Å². The molecule has 0 bridgehead atoms. The lowest BCUT2D eigenvalue weighted by Gasteiger charge is -2.12. The highest BCUT2D eigenvalue weighted by Gasteiger charge is 2.14. The summed E-state index contributed by atoms with van der Waals surface area (Å²) in [6.45, 7) is 4.08. The Morgan fingerprint density at radius 2 is 2.00 bits per heavy atom. The van der Waals surface area contributed by atoms with Gasteiger partial charge >= 0.3 is 0 Å². The zero-order valence-electron chi connectivity index (χ0n) is 12.7. The minimum absolute atomic E-state index is 0.178. The molecular weight excluding hydrogens is 346 g/mol. The van der Waals surface area contributed by atoms with Crippen molar-refractivity contribution >= 4 is 21.8 Å². The standard InChI is InChI=1S/C17H18BrNO3/c1-10-4-5-12(15(20)6-10)9-19-17(21)13-8-14(18)11(2)7-16(13)22-3/h4-8,20H,9H2,1-3H3,(H,19,21). The number of rotatable bonds is 4. The number of carbonyl (C=O) groups excluding carboxylic acids is 1. The van der Waals surface area contributed by atoms with Gasteiger partial charge in [0.2, 0.25) is 0 Å². The van der Waals surface area contributed by atoms with Crippen molar-refractivity contribution in [1.29, 1.82) is 0 Å². The van der Waals surface area contributed by atoms with E-state index < -0.39 is 0 Å². The number of phenolic OH excluding ortho intramolecular Hbond substituents is 1. The Morgan fingerprint density at radius 3 is 2.64 bits per heavy atom. The van der Waals surface area contributed by atoms with Crippen LogP contribution in [0.15, 0.2) is 34.8 Å². The molecule has 0 spiro atoms. The second-order valence-corrected chi connectivity index (χ2v) is 5.97. The lowest BCUT2D eigenvalue weighted by molar-refractivity contribution is 0.0947.